The van der Waals surface area contributed by atoms with Crippen LogP contribution in [0.5, 0.6) is 11.5 Å². The van der Waals surface area contributed by atoms with Gasteiger partial charge in [0.25, 0.3) is 0 Å². The number of fused-ring (bicyclic) bond motifs is 2. The van der Waals surface area contributed by atoms with Crippen LogP contribution in [-0.2, 0) is 6.54 Å². The maximum Gasteiger partial charge on any atom is 0.228 e. The molecule has 0 saturated carbocycles. The molecule has 0 bridgehead atoms. The van der Waals surface area contributed by atoms with Crippen molar-refractivity contribution in [2.75, 3.05) is 52.5 Å². The van der Waals surface area contributed by atoms with Crippen LogP contribution in [0.15, 0.2) is 34.9 Å². The highest BCUT2D eigenvalue weighted by molar-refractivity contribution is 6.09. The van der Waals surface area contributed by atoms with Gasteiger partial charge in [0.05, 0.1) is 12.3 Å². The van der Waals surface area contributed by atoms with E-state index in [1.165, 1.54) is 0 Å². The molecule has 3 aromatic rings. The van der Waals surface area contributed by atoms with E-state index in [0.717, 1.165) is 55.9 Å². The number of nitrogens with zero attached hydrogens (tertiary/aromatic N) is 3. The molecule has 5 rings (SSSR count). The fourth-order valence-corrected chi connectivity index (χ4v) is 4.32. The van der Waals surface area contributed by atoms with Crippen molar-refractivity contribution >= 4 is 16.8 Å². The lowest BCUT2D eigenvalue weighted by molar-refractivity contribution is 0.101. The minimum atomic E-state index is -0.193. The zero-order valence-electron chi connectivity index (χ0n) is 18.2. The number of aromatic nitrogens is 1. The van der Waals surface area contributed by atoms with Gasteiger partial charge < -0.3 is 19.0 Å². The molecule has 1 fully saturated rings. The Morgan fingerprint density at radius 2 is 1.81 bits per heavy atom. The highest BCUT2D eigenvalue weighted by Gasteiger charge is 2.22. The first-order valence-corrected chi connectivity index (χ1v) is 11.0. The Morgan fingerprint density at radius 1 is 1.06 bits per heavy atom. The molecule has 4 heterocycles. The Hall–Kier alpha value is -2.94. The Kier molecular flexibility index (Phi) is 5.82. The molecule has 168 valence electrons. The molecule has 8 heteroatoms. The number of rotatable bonds is 6. The number of piperazine rings is 1. The smallest absolute Gasteiger partial charge is 0.228 e. The zero-order valence-corrected chi connectivity index (χ0v) is 18.2. The number of carbonyl (C=O) groups excluding carboxylic acids is 1. The van der Waals surface area contributed by atoms with Crippen LogP contribution in [0.3, 0.4) is 0 Å². The third kappa shape index (κ3) is 4.09. The summed E-state index contributed by atoms with van der Waals surface area (Å²) in [6, 6.07) is 7.04. The van der Waals surface area contributed by atoms with Crippen LogP contribution in [0.1, 0.15) is 27.4 Å². The molecule has 0 radical (unpaired) electrons. The van der Waals surface area contributed by atoms with Gasteiger partial charge in [-0.15, -0.1) is 0 Å². The number of hydrogen-bond donors (Lipinski definition) is 1. The van der Waals surface area contributed by atoms with Crippen molar-refractivity contribution in [2.24, 2.45) is 0 Å². The van der Waals surface area contributed by atoms with Crippen molar-refractivity contribution in [2.45, 2.75) is 13.5 Å². The summed E-state index contributed by atoms with van der Waals surface area (Å²) in [5.74, 6) is 1.33. The van der Waals surface area contributed by atoms with E-state index in [9.17, 15) is 4.79 Å². The molecule has 1 saturated heterocycles. The van der Waals surface area contributed by atoms with Crippen molar-refractivity contribution < 1.29 is 23.8 Å². The number of carbonyl (C=O) groups is 1. The van der Waals surface area contributed by atoms with Crippen LogP contribution >= 0.6 is 0 Å². The first-order valence-electron chi connectivity index (χ1n) is 11.0. The third-order valence-electron chi connectivity index (χ3n) is 6.12. The van der Waals surface area contributed by atoms with E-state index < -0.39 is 0 Å². The molecule has 0 unspecified atom stereocenters. The van der Waals surface area contributed by atoms with Gasteiger partial charge >= 0.3 is 0 Å². The SMILES string of the molecule is Cc1ncc(CN2CCN(CCO)CC2)c2cc(C(=O)c3ccc4c(c3)OCCO4)oc12. The fourth-order valence-electron chi connectivity index (χ4n) is 4.32. The summed E-state index contributed by atoms with van der Waals surface area (Å²) in [7, 11) is 0. The number of benzene rings is 1. The van der Waals surface area contributed by atoms with Gasteiger partial charge in [0.2, 0.25) is 5.78 Å². The predicted molar refractivity (Wildman–Crippen MR) is 118 cm³/mol. The van der Waals surface area contributed by atoms with Crippen molar-refractivity contribution in [1.29, 1.82) is 0 Å². The number of aliphatic hydroxyl groups excluding tert-OH is 1. The normalized spacial score (nSPS) is 17.1. The Labute approximate surface area is 186 Å². The van der Waals surface area contributed by atoms with Gasteiger partial charge in [0.1, 0.15) is 13.2 Å². The highest BCUT2D eigenvalue weighted by atomic mass is 16.6. The van der Waals surface area contributed by atoms with Gasteiger partial charge in [0, 0.05) is 56.4 Å². The number of ether oxygens (including phenoxy) is 2. The lowest BCUT2D eigenvalue weighted by Crippen LogP contribution is -2.46. The van der Waals surface area contributed by atoms with Crippen LogP contribution in [0.2, 0.25) is 0 Å². The number of hydrogen-bond acceptors (Lipinski definition) is 8. The average molecular weight is 437 g/mol. The van der Waals surface area contributed by atoms with Gasteiger partial charge in [-0.3, -0.25) is 19.6 Å². The van der Waals surface area contributed by atoms with E-state index in [1.807, 2.05) is 19.2 Å². The molecular formula is C24H27N3O5. The second-order valence-corrected chi connectivity index (χ2v) is 8.25. The number of β-amino-alcohol motifs (C(OH)–C–C–N with tert-alkyl or cyclic N) is 1. The summed E-state index contributed by atoms with van der Waals surface area (Å²) in [5, 5.41) is 10.1. The average Bonchev–Trinajstić information content (AvgIpc) is 3.28. The van der Waals surface area contributed by atoms with Crippen molar-refractivity contribution in [3.8, 4) is 11.5 Å². The van der Waals surface area contributed by atoms with E-state index in [4.69, 9.17) is 19.0 Å². The molecule has 8 nitrogen and oxygen atoms in total. The number of ketones is 1. The quantitative estimate of drug-likeness (QED) is 0.588. The second kappa shape index (κ2) is 8.90. The highest BCUT2D eigenvalue weighted by Crippen LogP contribution is 2.33. The predicted octanol–water partition coefficient (Wildman–Crippen LogP) is 2.25. The molecular weight excluding hydrogens is 410 g/mol. The van der Waals surface area contributed by atoms with E-state index >= 15 is 0 Å². The molecule has 1 N–H and O–H groups in total. The van der Waals surface area contributed by atoms with E-state index in [2.05, 4.69) is 14.8 Å². The van der Waals surface area contributed by atoms with E-state index in [0.29, 0.717) is 41.6 Å². The minimum absolute atomic E-state index is 0.192. The molecule has 0 amide bonds. The standard InChI is InChI=1S/C24H27N3O5/c1-16-24-19(18(14-25-16)15-27-6-4-26(5-7-27)8-9-28)13-22(32-24)23(29)17-2-3-20-21(12-17)31-11-10-30-20/h2-3,12-14,28H,4-11,15H2,1H3. The largest absolute Gasteiger partial charge is 0.486 e. The number of pyridine rings is 1. The van der Waals surface area contributed by atoms with Crippen LogP contribution in [-0.4, -0.2) is 78.2 Å². The fraction of sp³-hybridized carbons (Fsp3) is 0.417. The molecule has 0 atom stereocenters. The summed E-state index contributed by atoms with van der Waals surface area (Å²) in [6.45, 7) is 8.24. The Bertz CT molecular complexity index is 1130. The van der Waals surface area contributed by atoms with E-state index in [1.54, 1.807) is 18.2 Å². The maximum atomic E-state index is 13.2. The molecule has 32 heavy (non-hydrogen) atoms. The molecule has 1 aromatic carbocycles. The lowest BCUT2D eigenvalue weighted by Gasteiger charge is -2.34. The number of aliphatic hydroxyl groups is 1. The molecule has 2 aromatic heterocycles. The van der Waals surface area contributed by atoms with Crippen LogP contribution in [0.25, 0.3) is 11.0 Å². The minimum Gasteiger partial charge on any atom is -0.486 e. The van der Waals surface area contributed by atoms with Gasteiger partial charge in [-0.1, -0.05) is 0 Å². The molecule has 2 aliphatic heterocycles. The Morgan fingerprint density at radius 3 is 2.59 bits per heavy atom. The van der Waals surface area contributed by atoms with Crippen LogP contribution < -0.4 is 9.47 Å². The summed E-state index contributed by atoms with van der Waals surface area (Å²) >= 11 is 0. The van der Waals surface area contributed by atoms with Crippen LogP contribution in [0, 0.1) is 6.92 Å². The van der Waals surface area contributed by atoms with Gasteiger partial charge in [-0.05, 0) is 36.8 Å². The molecule has 0 spiro atoms. The molecule has 2 aliphatic rings. The summed E-state index contributed by atoms with van der Waals surface area (Å²) < 4.78 is 17.2. The topological polar surface area (TPSA) is 88.3 Å². The lowest BCUT2D eigenvalue weighted by atomic mass is 10.1. The van der Waals surface area contributed by atoms with Crippen molar-refractivity contribution in [3.63, 3.8) is 0 Å². The third-order valence-corrected chi connectivity index (χ3v) is 6.12. The second-order valence-electron chi connectivity index (χ2n) is 8.25. The van der Waals surface area contributed by atoms with Crippen molar-refractivity contribution in [3.05, 3.63) is 53.0 Å². The maximum absolute atomic E-state index is 13.2. The van der Waals surface area contributed by atoms with Gasteiger partial charge in [0.15, 0.2) is 22.8 Å². The monoisotopic (exact) mass is 437 g/mol. The number of furan rings is 1. The summed E-state index contributed by atoms with van der Waals surface area (Å²) in [5.41, 5.74) is 2.96. The number of aryl methyl sites for hydroxylation is 1. The van der Waals surface area contributed by atoms with Gasteiger partial charge in [-0.25, -0.2) is 0 Å². The van der Waals surface area contributed by atoms with Crippen LogP contribution in [0.4, 0.5) is 0 Å². The summed E-state index contributed by atoms with van der Waals surface area (Å²) in [4.78, 5) is 22.3. The van der Waals surface area contributed by atoms with Crippen molar-refractivity contribution in [1.82, 2.24) is 14.8 Å². The Balaban J connectivity index is 1.39. The summed E-state index contributed by atoms with van der Waals surface area (Å²) in [6.07, 6.45) is 1.88. The molecule has 0 aliphatic carbocycles. The zero-order chi connectivity index (χ0) is 22.1. The van der Waals surface area contributed by atoms with E-state index in [-0.39, 0.29) is 12.4 Å². The van der Waals surface area contributed by atoms with Gasteiger partial charge in [-0.2, -0.15) is 0 Å². The first-order chi connectivity index (χ1) is 15.6. The first kappa shape index (κ1) is 20.9.